The summed E-state index contributed by atoms with van der Waals surface area (Å²) in [6.07, 6.45) is 4.26. The van der Waals surface area contributed by atoms with E-state index in [-0.39, 0.29) is 5.82 Å². The summed E-state index contributed by atoms with van der Waals surface area (Å²) in [6, 6.07) is 0. The Bertz CT molecular complexity index is 513. The van der Waals surface area contributed by atoms with E-state index in [2.05, 4.69) is 27.2 Å². The van der Waals surface area contributed by atoms with E-state index in [9.17, 15) is 0 Å². The minimum atomic E-state index is 0.276. The van der Waals surface area contributed by atoms with Gasteiger partial charge in [0.2, 0.25) is 0 Å². The van der Waals surface area contributed by atoms with Crippen LogP contribution in [0.2, 0.25) is 5.02 Å². The number of nitrogens with zero attached hydrogens (tertiary/aromatic N) is 3. The van der Waals surface area contributed by atoms with E-state index in [1.807, 2.05) is 6.20 Å². The highest BCUT2D eigenvalue weighted by Crippen LogP contribution is 2.24. The molecule has 0 saturated heterocycles. The minimum absolute atomic E-state index is 0.276. The summed E-state index contributed by atoms with van der Waals surface area (Å²) in [5.41, 5.74) is 5.58. The van der Waals surface area contributed by atoms with Crippen LogP contribution in [-0.2, 0) is 13.0 Å². The molecule has 0 saturated carbocycles. The molecule has 0 amide bonds. The Hall–Kier alpha value is -1.40. The Morgan fingerprint density at radius 3 is 2.94 bits per heavy atom. The maximum atomic E-state index is 5.96. The van der Waals surface area contributed by atoms with Crippen LogP contribution in [0.1, 0.15) is 16.8 Å². The topological polar surface area (TPSA) is 76.7 Å². The molecule has 17 heavy (non-hydrogen) atoms. The second-order valence-electron chi connectivity index (χ2n) is 3.35. The Kier molecular flexibility index (Phi) is 3.75. The van der Waals surface area contributed by atoms with Crippen LogP contribution in [0.25, 0.3) is 0 Å². The smallest absolute Gasteiger partial charge is 0.150 e. The van der Waals surface area contributed by atoms with Crippen molar-refractivity contribution in [1.82, 2.24) is 15.0 Å². The molecular weight excluding hydrogens is 258 g/mol. The molecule has 0 radical (unpaired) electrons. The molecule has 0 atom stereocenters. The van der Waals surface area contributed by atoms with Crippen molar-refractivity contribution in [3.05, 3.63) is 27.4 Å². The van der Waals surface area contributed by atoms with Crippen LogP contribution in [0.3, 0.4) is 0 Å². The maximum absolute atomic E-state index is 5.96. The minimum Gasteiger partial charge on any atom is -0.382 e. The van der Waals surface area contributed by atoms with Gasteiger partial charge in [-0.15, -0.1) is 11.3 Å². The van der Waals surface area contributed by atoms with Crippen molar-refractivity contribution in [3.63, 3.8) is 0 Å². The van der Waals surface area contributed by atoms with Crippen LogP contribution in [-0.4, -0.2) is 15.0 Å². The van der Waals surface area contributed by atoms with Crippen molar-refractivity contribution in [2.75, 3.05) is 11.1 Å². The SMILES string of the molecule is CCc1cnc(CNc2ncnc(N)c2Cl)s1. The third-order valence-electron chi connectivity index (χ3n) is 2.17. The molecule has 0 aliphatic rings. The number of aromatic nitrogens is 3. The highest BCUT2D eigenvalue weighted by Gasteiger charge is 2.07. The molecule has 2 heterocycles. The van der Waals surface area contributed by atoms with Gasteiger partial charge in [-0.1, -0.05) is 18.5 Å². The Morgan fingerprint density at radius 2 is 2.24 bits per heavy atom. The number of nitrogens with two attached hydrogens (primary N) is 1. The summed E-state index contributed by atoms with van der Waals surface area (Å²) in [6.45, 7) is 2.69. The Labute approximate surface area is 108 Å². The van der Waals surface area contributed by atoms with E-state index in [1.54, 1.807) is 11.3 Å². The molecule has 2 aromatic rings. The Morgan fingerprint density at radius 1 is 1.41 bits per heavy atom. The number of aryl methyl sites for hydroxylation is 1. The number of halogens is 1. The lowest BCUT2D eigenvalue weighted by molar-refractivity contribution is 1.06. The van der Waals surface area contributed by atoms with Crippen LogP contribution >= 0.6 is 22.9 Å². The van der Waals surface area contributed by atoms with Crippen molar-refractivity contribution >= 4 is 34.6 Å². The predicted molar refractivity (Wildman–Crippen MR) is 70.3 cm³/mol. The fourth-order valence-electron chi connectivity index (χ4n) is 1.26. The maximum Gasteiger partial charge on any atom is 0.150 e. The number of anilines is 2. The van der Waals surface area contributed by atoms with Crippen molar-refractivity contribution < 1.29 is 0 Å². The first-order chi connectivity index (χ1) is 8.20. The van der Waals surface area contributed by atoms with Gasteiger partial charge >= 0.3 is 0 Å². The molecule has 0 fully saturated rings. The normalized spacial score (nSPS) is 10.5. The van der Waals surface area contributed by atoms with Crippen LogP contribution in [0.15, 0.2) is 12.5 Å². The standard InChI is InChI=1S/C10H12ClN5S/c1-2-6-3-13-7(17-6)4-14-10-8(11)9(12)15-5-16-10/h3,5H,2,4H2,1H3,(H3,12,14,15,16). The molecule has 3 N–H and O–H groups in total. The van der Waals surface area contributed by atoms with Crippen LogP contribution in [0, 0.1) is 0 Å². The van der Waals surface area contributed by atoms with Crippen molar-refractivity contribution in [2.24, 2.45) is 0 Å². The van der Waals surface area contributed by atoms with E-state index < -0.39 is 0 Å². The second kappa shape index (κ2) is 5.29. The summed E-state index contributed by atoms with van der Waals surface area (Å²) in [5.74, 6) is 0.810. The molecule has 0 aromatic carbocycles. The molecular formula is C10H12ClN5S. The number of rotatable bonds is 4. The third-order valence-corrected chi connectivity index (χ3v) is 3.69. The largest absolute Gasteiger partial charge is 0.382 e. The zero-order valence-electron chi connectivity index (χ0n) is 9.27. The molecule has 0 bridgehead atoms. The van der Waals surface area contributed by atoms with E-state index in [0.29, 0.717) is 17.4 Å². The van der Waals surface area contributed by atoms with Gasteiger partial charge in [-0.25, -0.2) is 15.0 Å². The Balaban J connectivity index is 2.04. The molecule has 2 aromatic heterocycles. The first-order valence-corrected chi connectivity index (χ1v) is 6.33. The fourth-order valence-corrected chi connectivity index (χ4v) is 2.23. The molecule has 5 nitrogen and oxygen atoms in total. The van der Waals surface area contributed by atoms with Gasteiger partial charge in [0.1, 0.15) is 22.2 Å². The van der Waals surface area contributed by atoms with E-state index in [0.717, 1.165) is 11.4 Å². The number of nitrogen functional groups attached to an aromatic ring is 1. The number of nitrogens with one attached hydrogen (secondary N) is 1. The van der Waals surface area contributed by atoms with Gasteiger partial charge in [-0.2, -0.15) is 0 Å². The van der Waals surface area contributed by atoms with Gasteiger partial charge in [0, 0.05) is 11.1 Å². The molecule has 0 spiro atoms. The third kappa shape index (κ3) is 2.83. The highest BCUT2D eigenvalue weighted by molar-refractivity contribution is 7.11. The summed E-state index contributed by atoms with van der Waals surface area (Å²) >= 11 is 7.63. The number of hydrogen-bond donors (Lipinski definition) is 2. The predicted octanol–water partition coefficient (Wildman–Crippen LogP) is 2.34. The summed E-state index contributed by atoms with van der Waals surface area (Å²) in [7, 11) is 0. The average molecular weight is 270 g/mol. The van der Waals surface area contributed by atoms with Gasteiger partial charge < -0.3 is 11.1 Å². The van der Waals surface area contributed by atoms with Crippen LogP contribution < -0.4 is 11.1 Å². The zero-order valence-corrected chi connectivity index (χ0v) is 10.8. The van der Waals surface area contributed by atoms with Gasteiger partial charge in [0.25, 0.3) is 0 Å². The van der Waals surface area contributed by atoms with E-state index >= 15 is 0 Å². The lowest BCUT2D eigenvalue weighted by atomic mass is 10.4. The lowest BCUT2D eigenvalue weighted by Gasteiger charge is -2.05. The average Bonchev–Trinajstić information content (AvgIpc) is 2.79. The van der Waals surface area contributed by atoms with Crippen LogP contribution in [0.5, 0.6) is 0 Å². The molecule has 2 rings (SSSR count). The summed E-state index contributed by atoms with van der Waals surface area (Å²) < 4.78 is 0. The molecule has 0 aliphatic carbocycles. The highest BCUT2D eigenvalue weighted by atomic mass is 35.5. The fraction of sp³-hybridized carbons (Fsp3) is 0.300. The molecule has 0 aliphatic heterocycles. The zero-order chi connectivity index (χ0) is 12.3. The van der Waals surface area contributed by atoms with Crippen molar-refractivity contribution in [2.45, 2.75) is 19.9 Å². The molecule has 90 valence electrons. The van der Waals surface area contributed by atoms with E-state index in [1.165, 1.54) is 11.2 Å². The first-order valence-electron chi connectivity index (χ1n) is 5.14. The molecule has 0 unspecified atom stereocenters. The summed E-state index contributed by atoms with van der Waals surface area (Å²) in [4.78, 5) is 13.4. The quantitative estimate of drug-likeness (QED) is 0.891. The second-order valence-corrected chi connectivity index (χ2v) is 4.93. The van der Waals surface area contributed by atoms with E-state index in [4.69, 9.17) is 17.3 Å². The van der Waals surface area contributed by atoms with Gasteiger partial charge in [0.05, 0.1) is 6.54 Å². The van der Waals surface area contributed by atoms with Gasteiger partial charge in [-0.3, -0.25) is 0 Å². The van der Waals surface area contributed by atoms with Crippen molar-refractivity contribution in [1.29, 1.82) is 0 Å². The van der Waals surface area contributed by atoms with Gasteiger partial charge in [0.15, 0.2) is 5.82 Å². The number of hydrogen-bond acceptors (Lipinski definition) is 6. The summed E-state index contributed by atoms with van der Waals surface area (Å²) in [5, 5.41) is 4.43. The lowest BCUT2D eigenvalue weighted by Crippen LogP contribution is -2.04. The van der Waals surface area contributed by atoms with Crippen molar-refractivity contribution in [3.8, 4) is 0 Å². The first kappa shape index (κ1) is 12.1. The molecule has 7 heteroatoms. The number of thiazole rings is 1. The van der Waals surface area contributed by atoms with Gasteiger partial charge in [-0.05, 0) is 6.42 Å². The van der Waals surface area contributed by atoms with Crippen LogP contribution in [0.4, 0.5) is 11.6 Å². The monoisotopic (exact) mass is 269 g/mol.